The Morgan fingerprint density at radius 3 is 1.62 bits per heavy atom. The van der Waals surface area contributed by atoms with E-state index in [1.165, 1.54) is 0 Å². The van der Waals surface area contributed by atoms with Crippen molar-refractivity contribution >= 4 is 0 Å². The lowest BCUT2D eigenvalue weighted by Gasteiger charge is -2.29. The number of nitrogens with zero attached hydrogens (tertiary/aromatic N) is 1. The average Bonchev–Trinajstić information content (AvgIpc) is 2.62. The van der Waals surface area contributed by atoms with Gasteiger partial charge in [-0.1, -0.05) is 72.5 Å². The van der Waals surface area contributed by atoms with Gasteiger partial charge >= 0.3 is 0 Å². The van der Waals surface area contributed by atoms with Gasteiger partial charge < -0.3 is 17.5 Å². The van der Waals surface area contributed by atoms with Crippen molar-refractivity contribution in [3.05, 3.63) is 71.8 Å². The molecule has 0 aliphatic heterocycles. The molecule has 0 saturated carbocycles. The van der Waals surface area contributed by atoms with Crippen LogP contribution in [0, 0.1) is 11.8 Å². The summed E-state index contributed by atoms with van der Waals surface area (Å²) in [5, 5.41) is 11.4. The summed E-state index contributed by atoms with van der Waals surface area (Å²) >= 11 is 0. The molecule has 0 radical (unpaired) electrons. The van der Waals surface area contributed by atoms with Crippen molar-refractivity contribution in [2.75, 3.05) is 6.54 Å². The van der Waals surface area contributed by atoms with Gasteiger partial charge in [-0.3, -0.25) is 4.90 Å². The van der Waals surface area contributed by atoms with Gasteiger partial charge in [0, 0.05) is 18.5 Å². The minimum absolute atomic E-state index is 0. The summed E-state index contributed by atoms with van der Waals surface area (Å²) in [5.74, 6) is 6.48. The molecule has 0 aliphatic carbocycles. The highest BCUT2D eigenvalue weighted by Crippen LogP contribution is 2.32. The number of hydrogen-bond acceptors (Lipinski definition) is 2. The van der Waals surface area contributed by atoms with Crippen LogP contribution in [0.3, 0.4) is 0 Å². The zero-order chi connectivity index (χ0) is 18.3. The molecule has 0 aliphatic rings. The van der Waals surface area contributed by atoms with Gasteiger partial charge in [0.05, 0.1) is 6.54 Å². The van der Waals surface area contributed by atoms with Gasteiger partial charge in [-0.2, -0.15) is 0 Å². The summed E-state index contributed by atoms with van der Waals surface area (Å²) < 4.78 is 0. The SMILES string of the molecule is CC(C)N(CC#CCC(O)(c1ccccc1)c1ccccc1)C(C)C.[Cl-]. The van der Waals surface area contributed by atoms with Gasteiger partial charge in [0.15, 0.2) is 0 Å². The molecule has 0 aromatic heterocycles. The van der Waals surface area contributed by atoms with Crippen molar-refractivity contribution in [2.45, 2.75) is 51.8 Å². The van der Waals surface area contributed by atoms with E-state index in [-0.39, 0.29) is 12.4 Å². The Kier molecular flexibility index (Phi) is 8.88. The molecule has 0 saturated heterocycles. The highest BCUT2D eigenvalue weighted by atomic mass is 35.5. The Labute approximate surface area is 164 Å². The molecule has 140 valence electrons. The molecule has 3 heteroatoms. The van der Waals surface area contributed by atoms with Crippen molar-refractivity contribution < 1.29 is 17.5 Å². The van der Waals surface area contributed by atoms with Crippen LogP contribution in [0.4, 0.5) is 0 Å². The van der Waals surface area contributed by atoms with E-state index in [4.69, 9.17) is 0 Å². The van der Waals surface area contributed by atoms with Crippen molar-refractivity contribution in [1.82, 2.24) is 4.90 Å². The quantitative estimate of drug-likeness (QED) is 0.778. The molecule has 0 spiro atoms. The Balaban J connectivity index is 0.00000338. The van der Waals surface area contributed by atoms with Gasteiger partial charge in [-0.15, -0.1) is 0 Å². The molecule has 1 N–H and O–H groups in total. The number of benzene rings is 2. The summed E-state index contributed by atoms with van der Waals surface area (Å²) in [6.45, 7) is 9.46. The molecule has 2 rings (SSSR count). The van der Waals surface area contributed by atoms with Crippen LogP contribution in [0.5, 0.6) is 0 Å². The van der Waals surface area contributed by atoms with Crippen LogP contribution in [0.1, 0.15) is 45.2 Å². The van der Waals surface area contributed by atoms with E-state index in [1.807, 2.05) is 60.7 Å². The smallest absolute Gasteiger partial charge is 0.125 e. The lowest BCUT2D eigenvalue weighted by atomic mass is 9.84. The van der Waals surface area contributed by atoms with E-state index in [9.17, 15) is 5.11 Å². The molecule has 0 bridgehead atoms. The van der Waals surface area contributed by atoms with Crippen molar-refractivity contribution in [3.8, 4) is 11.8 Å². The normalized spacial score (nSPS) is 11.2. The van der Waals surface area contributed by atoms with E-state index in [0.29, 0.717) is 18.5 Å². The second kappa shape index (κ2) is 10.4. The molecule has 2 aromatic carbocycles. The first-order valence-electron chi connectivity index (χ1n) is 9.00. The van der Waals surface area contributed by atoms with Gasteiger partial charge in [-0.25, -0.2) is 0 Å². The van der Waals surface area contributed by atoms with Gasteiger partial charge in [0.1, 0.15) is 5.60 Å². The third-order valence-electron chi connectivity index (χ3n) is 4.56. The Hall–Kier alpha value is -1.79. The number of halogens is 1. The zero-order valence-corrected chi connectivity index (χ0v) is 16.9. The first-order chi connectivity index (χ1) is 11.9. The van der Waals surface area contributed by atoms with E-state index < -0.39 is 5.60 Å². The molecule has 0 amide bonds. The van der Waals surface area contributed by atoms with E-state index in [0.717, 1.165) is 17.7 Å². The fraction of sp³-hybridized carbons (Fsp3) is 0.391. The lowest BCUT2D eigenvalue weighted by molar-refractivity contribution is -0.0000100. The Bertz CT molecular complexity index is 654. The van der Waals surface area contributed by atoms with Crippen LogP contribution in [0.2, 0.25) is 0 Å². The molecule has 2 aromatic rings. The van der Waals surface area contributed by atoms with Crippen LogP contribution in [0.25, 0.3) is 0 Å². The zero-order valence-electron chi connectivity index (χ0n) is 16.1. The predicted molar refractivity (Wildman–Crippen MR) is 105 cm³/mol. The van der Waals surface area contributed by atoms with Crippen molar-refractivity contribution in [3.63, 3.8) is 0 Å². The summed E-state index contributed by atoms with van der Waals surface area (Å²) in [6.07, 6.45) is 0.380. The molecule has 0 unspecified atom stereocenters. The topological polar surface area (TPSA) is 23.5 Å². The third kappa shape index (κ3) is 5.61. The second-order valence-corrected chi connectivity index (χ2v) is 6.98. The molecule has 0 heterocycles. The minimum atomic E-state index is -1.09. The summed E-state index contributed by atoms with van der Waals surface area (Å²) in [5.41, 5.74) is 0.663. The molecular formula is C23H29ClNO-. The van der Waals surface area contributed by atoms with Gasteiger partial charge in [0.2, 0.25) is 0 Å². The summed E-state index contributed by atoms with van der Waals surface area (Å²) in [6, 6.07) is 20.5. The number of hydrogen-bond donors (Lipinski definition) is 1. The fourth-order valence-corrected chi connectivity index (χ4v) is 3.10. The third-order valence-corrected chi connectivity index (χ3v) is 4.56. The molecular weight excluding hydrogens is 342 g/mol. The first kappa shape index (κ1) is 22.3. The van der Waals surface area contributed by atoms with Crippen LogP contribution in [-0.2, 0) is 5.60 Å². The van der Waals surface area contributed by atoms with Crippen molar-refractivity contribution in [1.29, 1.82) is 0 Å². The van der Waals surface area contributed by atoms with Gasteiger partial charge in [0.25, 0.3) is 0 Å². The standard InChI is InChI=1S/C23H29NO.ClH/c1-19(2)24(20(3)4)18-12-11-17-23(25,21-13-7-5-8-14-21)22-15-9-6-10-16-22;/h5-10,13-16,19-20,25H,17-18H2,1-4H3;1H/p-1. The minimum Gasteiger partial charge on any atom is -1.00 e. The molecule has 0 fully saturated rings. The number of aliphatic hydroxyl groups is 1. The molecule has 26 heavy (non-hydrogen) atoms. The van der Waals surface area contributed by atoms with Crippen LogP contribution >= 0.6 is 0 Å². The average molecular weight is 371 g/mol. The summed E-state index contributed by atoms with van der Waals surface area (Å²) in [7, 11) is 0. The molecule has 2 nitrogen and oxygen atoms in total. The van der Waals surface area contributed by atoms with Crippen molar-refractivity contribution in [2.24, 2.45) is 0 Å². The van der Waals surface area contributed by atoms with Gasteiger partial charge in [-0.05, 0) is 38.8 Å². The van der Waals surface area contributed by atoms with Crippen LogP contribution < -0.4 is 12.4 Å². The summed E-state index contributed by atoms with van der Waals surface area (Å²) in [4.78, 5) is 2.34. The largest absolute Gasteiger partial charge is 1.00 e. The first-order valence-corrected chi connectivity index (χ1v) is 9.00. The van der Waals surface area contributed by atoms with Crippen LogP contribution in [0.15, 0.2) is 60.7 Å². The van der Waals surface area contributed by atoms with E-state index in [1.54, 1.807) is 0 Å². The van der Waals surface area contributed by atoms with E-state index in [2.05, 4.69) is 44.4 Å². The molecule has 0 atom stereocenters. The Morgan fingerprint density at radius 1 is 0.808 bits per heavy atom. The highest BCUT2D eigenvalue weighted by molar-refractivity contribution is 5.37. The maximum Gasteiger partial charge on any atom is 0.125 e. The monoisotopic (exact) mass is 370 g/mol. The highest BCUT2D eigenvalue weighted by Gasteiger charge is 2.30. The maximum absolute atomic E-state index is 11.4. The number of rotatable bonds is 6. The second-order valence-electron chi connectivity index (χ2n) is 6.98. The predicted octanol–water partition coefficient (Wildman–Crippen LogP) is 1.44. The lowest BCUT2D eigenvalue weighted by Crippen LogP contribution is -3.00. The van der Waals surface area contributed by atoms with E-state index >= 15 is 0 Å². The Morgan fingerprint density at radius 2 is 1.23 bits per heavy atom. The van der Waals surface area contributed by atoms with Crippen LogP contribution in [-0.4, -0.2) is 28.6 Å². The maximum atomic E-state index is 11.4. The fourth-order valence-electron chi connectivity index (χ4n) is 3.10.